The summed E-state index contributed by atoms with van der Waals surface area (Å²) in [6.07, 6.45) is 6.19. The highest BCUT2D eigenvalue weighted by Crippen LogP contribution is 2.41. The maximum absolute atomic E-state index is 12.7. The monoisotopic (exact) mass is 346 g/mol. The molecule has 2 aliphatic carbocycles. The molecule has 1 amide bonds. The van der Waals surface area contributed by atoms with Crippen molar-refractivity contribution in [2.45, 2.75) is 37.5 Å². The predicted molar refractivity (Wildman–Crippen MR) is 95.9 cm³/mol. The minimum absolute atomic E-state index is 0.135. The lowest BCUT2D eigenvalue weighted by Gasteiger charge is -2.09. The molecule has 1 aromatic carbocycles. The number of benzene rings is 1. The van der Waals surface area contributed by atoms with E-state index >= 15 is 0 Å². The van der Waals surface area contributed by atoms with Crippen LogP contribution in [0.3, 0.4) is 0 Å². The molecule has 3 aromatic rings. The molecule has 6 heteroatoms. The average Bonchev–Trinajstić information content (AvgIpc) is 3.60. The van der Waals surface area contributed by atoms with Crippen LogP contribution in [-0.2, 0) is 0 Å². The van der Waals surface area contributed by atoms with Gasteiger partial charge in [0, 0.05) is 29.3 Å². The quantitative estimate of drug-likeness (QED) is 0.751. The largest absolute Gasteiger partial charge is 0.339 e. The zero-order valence-electron chi connectivity index (χ0n) is 14.2. The third-order valence-corrected chi connectivity index (χ3v) is 4.79. The standard InChI is InChI=1S/C20H18N4O2/c25-19(16-5-2-10-21-17(16)12-6-7-12)22-15-4-1-3-14(11-15)18-23-20(26-24-18)13-8-9-13/h1-5,10-13H,6-9H2,(H,22,25). The Bertz CT molecular complexity index is 973. The number of nitrogens with one attached hydrogen (secondary N) is 1. The Hall–Kier alpha value is -3.02. The van der Waals surface area contributed by atoms with Crippen LogP contribution in [0.1, 0.15) is 59.5 Å². The lowest BCUT2D eigenvalue weighted by Crippen LogP contribution is -2.14. The molecule has 0 unspecified atom stereocenters. The number of nitrogens with zero attached hydrogens (tertiary/aromatic N) is 3. The van der Waals surface area contributed by atoms with Gasteiger partial charge >= 0.3 is 0 Å². The number of hydrogen-bond acceptors (Lipinski definition) is 5. The van der Waals surface area contributed by atoms with Crippen molar-refractivity contribution in [3.8, 4) is 11.4 Å². The molecule has 0 bridgehead atoms. The first kappa shape index (κ1) is 15.3. The summed E-state index contributed by atoms with van der Waals surface area (Å²) in [5.41, 5.74) is 3.08. The number of carbonyl (C=O) groups excluding carboxylic acids is 1. The molecule has 0 spiro atoms. The second-order valence-corrected chi connectivity index (χ2v) is 6.98. The molecule has 6 nitrogen and oxygen atoms in total. The molecule has 2 heterocycles. The Balaban J connectivity index is 1.38. The van der Waals surface area contributed by atoms with Gasteiger partial charge in [0.1, 0.15) is 0 Å². The third-order valence-electron chi connectivity index (χ3n) is 4.79. The summed E-state index contributed by atoms with van der Waals surface area (Å²) in [5.74, 6) is 1.97. The van der Waals surface area contributed by atoms with Crippen LogP contribution in [0.2, 0.25) is 0 Å². The first-order valence-corrected chi connectivity index (χ1v) is 8.98. The fourth-order valence-corrected chi connectivity index (χ4v) is 3.07. The normalized spacial score (nSPS) is 16.5. The Morgan fingerprint density at radius 2 is 1.92 bits per heavy atom. The molecular formula is C20H18N4O2. The number of amides is 1. The van der Waals surface area contributed by atoms with Gasteiger partial charge < -0.3 is 9.84 Å². The van der Waals surface area contributed by atoms with Crippen LogP contribution in [0.25, 0.3) is 11.4 Å². The number of rotatable bonds is 5. The van der Waals surface area contributed by atoms with Crippen LogP contribution < -0.4 is 5.32 Å². The highest BCUT2D eigenvalue weighted by molar-refractivity contribution is 6.05. The maximum Gasteiger partial charge on any atom is 0.257 e. The van der Waals surface area contributed by atoms with E-state index in [2.05, 4.69) is 20.4 Å². The van der Waals surface area contributed by atoms with Gasteiger partial charge in [-0.05, 0) is 49.9 Å². The second-order valence-electron chi connectivity index (χ2n) is 6.98. The Morgan fingerprint density at radius 1 is 1.08 bits per heavy atom. The van der Waals surface area contributed by atoms with Crippen molar-refractivity contribution in [3.05, 3.63) is 59.7 Å². The Kier molecular flexibility index (Phi) is 3.55. The summed E-state index contributed by atoms with van der Waals surface area (Å²) < 4.78 is 5.33. The van der Waals surface area contributed by atoms with Gasteiger partial charge in [0.25, 0.3) is 5.91 Å². The summed E-state index contributed by atoms with van der Waals surface area (Å²) in [6, 6.07) is 11.2. The van der Waals surface area contributed by atoms with Gasteiger partial charge in [-0.2, -0.15) is 4.98 Å². The van der Waals surface area contributed by atoms with Crippen molar-refractivity contribution in [3.63, 3.8) is 0 Å². The summed E-state index contributed by atoms with van der Waals surface area (Å²) in [4.78, 5) is 21.6. The zero-order chi connectivity index (χ0) is 17.5. The topological polar surface area (TPSA) is 80.9 Å². The number of anilines is 1. The van der Waals surface area contributed by atoms with E-state index in [4.69, 9.17) is 4.52 Å². The zero-order valence-corrected chi connectivity index (χ0v) is 14.2. The first-order chi connectivity index (χ1) is 12.8. The highest BCUT2D eigenvalue weighted by Gasteiger charge is 2.30. The molecule has 2 aromatic heterocycles. The molecule has 0 saturated heterocycles. The second kappa shape index (κ2) is 6.05. The smallest absolute Gasteiger partial charge is 0.257 e. The van der Waals surface area contributed by atoms with Gasteiger partial charge in [0.15, 0.2) is 0 Å². The van der Waals surface area contributed by atoms with E-state index in [1.807, 2.05) is 30.3 Å². The van der Waals surface area contributed by atoms with Crippen LogP contribution >= 0.6 is 0 Å². The van der Waals surface area contributed by atoms with Crippen LogP contribution in [0.15, 0.2) is 47.1 Å². The molecule has 2 fully saturated rings. The van der Waals surface area contributed by atoms with E-state index in [0.717, 1.165) is 36.9 Å². The molecule has 0 atom stereocenters. The third kappa shape index (κ3) is 2.98. The summed E-state index contributed by atoms with van der Waals surface area (Å²) in [6.45, 7) is 0. The Labute approximate surface area is 150 Å². The molecule has 26 heavy (non-hydrogen) atoms. The molecule has 5 rings (SSSR count). The van der Waals surface area contributed by atoms with E-state index in [0.29, 0.717) is 34.8 Å². The lowest BCUT2D eigenvalue weighted by molar-refractivity contribution is 0.102. The molecule has 2 saturated carbocycles. The summed E-state index contributed by atoms with van der Waals surface area (Å²) in [5, 5.41) is 7.03. The molecule has 130 valence electrons. The van der Waals surface area contributed by atoms with E-state index < -0.39 is 0 Å². The van der Waals surface area contributed by atoms with E-state index in [1.54, 1.807) is 12.3 Å². The van der Waals surface area contributed by atoms with Gasteiger partial charge in [0.05, 0.1) is 11.3 Å². The molecule has 0 aliphatic heterocycles. The van der Waals surface area contributed by atoms with Crippen LogP contribution in [-0.4, -0.2) is 21.0 Å². The molecule has 0 radical (unpaired) electrons. The highest BCUT2D eigenvalue weighted by atomic mass is 16.5. The first-order valence-electron chi connectivity index (χ1n) is 8.98. The van der Waals surface area contributed by atoms with Gasteiger partial charge in [0.2, 0.25) is 11.7 Å². The average molecular weight is 346 g/mol. The number of carbonyl (C=O) groups is 1. The van der Waals surface area contributed by atoms with Gasteiger partial charge in [-0.15, -0.1) is 0 Å². The van der Waals surface area contributed by atoms with Crippen molar-refractivity contribution in [1.82, 2.24) is 15.1 Å². The maximum atomic E-state index is 12.7. The van der Waals surface area contributed by atoms with Gasteiger partial charge in [-0.3, -0.25) is 9.78 Å². The predicted octanol–water partition coefficient (Wildman–Crippen LogP) is 4.14. The van der Waals surface area contributed by atoms with Gasteiger partial charge in [-0.25, -0.2) is 0 Å². The van der Waals surface area contributed by atoms with Crippen molar-refractivity contribution in [1.29, 1.82) is 0 Å². The van der Waals surface area contributed by atoms with Crippen molar-refractivity contribution < 1.29 is 9.32 Å². The molecular weight excluding hydrogens is 328 g/mol. The van der Waals surface area contributed by atoms with E-state index in [9.17, 15) is 4.79 Å². The fraction of sp³-hybridized carbons (Fsp3) is 0.300. The molecule has 1 N–H and O–H groups in total. The van der Waals surface area contributed by atoms with Crippen molar-refractivity contribution in [2.75, 3.05) is 5.32 Å². The summed E-state index contributed by atoms with van der Waals surface area (Å²) in [7, 11) is 0. The minimum atomic E-state index is -0.135. The van der Waals surface area contributed by atoms with Gasteiger partial charge in [-0.1, -0.05) is 17.3 Å². The van der Waals surface area contributed by atoms with Crippen LogP contribution in [0, 0.1) is 0 Å². The SMILES string of the molecule is O=C(Nc1cccc(-c2noc(C3CC3)n2)c1)c1cccnc1C1CC1. The molecule has 2 aliphatic rings. The van der Waals surface area contributed by atoms with Crippen molar-refractivity contribution >= 4 is 11.6 Å². The summed E-state index contributed by atoms with van der Waals surface area (Å²) >= 11 is 0. The lowest BCUT2D eigenvalue weighted by atomic mass is 10.1. The van der Waals surface area contributed by atoms with Crippen LogP contribution in [0.4, 0.5) is 5.69 Å². The minimum Gasteiger partial charge on any atom is -0.339 e. The number of aromatic nitrogens is 3. The Morgan fingerprint density at radius 3 is 2.73 bits per heavy atom. The van der Waals surface area contributed by atoms with Crippen LogP contribution in [0.5, 0.6) is 0 Å². The number of pyridine rings is 1. The number of hydrogen-bond donors (Lipinski definition) is 1. The van der Waals surface area contributed by atoms with E-state index in [1.165, 1.54) is 0 Å². The fourth-order valence-electron chi connectivity index (χ4n) is 3.07. The van der Waals surface area contributed by atoms with Crippen molar-refractivity contribution in [2.24, 2.45) is 0 Å². The van der Waals surface area contributed by atoms with E-state index in [-0.39, 0.29) is 5.91 Å².